The summed E-state index contributed by atoms with van der Waals surface area (Å²) in [5.41, 5.74) is 1.10. The van der Waals surface area contributed by atoms with Gasteiger partial charge < -0.3 is 19.7 Å². The van der Waals surface area contributed by atoms with Crippen LogP contribution in [-0.4, -0.2) is 56.2 Å². The molecule has 0 radical (unpaired) electrons. The van der Waals surface area contributed by atoms with E-state index in [9.17, 15) is 9.59 Å². The Morgan fingerprint density at radius 1 is 1.15 bits per heavy atom. The van der Waals surface area contributed by atoms with Crippen molar-refractivity contribution in [3.05, 3.63) is 29.8 Å². The molecule has 1 saturated heterocycles. The summed E-state index contributed by atoms with van der Waals surface area (Å²) in [5, 5.41) is 3.07. The first kappa shape index (κ1) is 20.2. The molecule has 1 aliphatic rings. The van der Waals surface area contributed by atoms with Gasteiger partial charge in [0.25, 0.3) is 0 Å². The van der Waals surface area contributed by atoms with Crippen molar-refractivity contribution in [3.8, 4) is 5.75 Å². The Morgan fingerprint density at radius 2 is 1.88 bits per heavy atom. The molecule has 6 heteroatoms. The third-order valence-corrected chi connectivity index (χ3v) is 4.63. The Labute approximate surface area is 155 Å². The Kier molecular flexibility index (Phi) is 8.41. The SMILES string of the molecule is COCCC(=O)N1CCC(NC(=O)CCCOc2ccccc2C)CC1. The number of carbonyl (C=O) groups is 2. The lowest BCUT2D eigenvalue weighted by Gasteiger charge is -2.32. The zero-order valence-electron chi connectivity index (χ0n) is 15.8. The van der Waals surface area contributed by atoms with Crippen LogP contribution >= 0.6 is 0 Å². The Hall–Kier alpha value is -2.08. The highest BCUT2D eigenvalue weighted by Gasteiger charge is 2.23. The second kappa shape index (κ2) is 10.8. The van der Waals surface area contributed by atoms with Crippen molar-refractivity contribution >= 4 is 11.8 Å². The molecular weight excluding hydrogens is 332 g/mol. The van der Waals surface area contributed by atoms with Crippen LogP contribution in [0.15, 0.2) is 24.3 Å². The number of nitrogens with zero attached hydrogens (tertiary/aromatic N) is 1. The van der Waals surface area contributed by atoms with Crippen LogP contribution < -0.4 is 10.1 Å². The summed E-state index contributed by atoms with van der Waals surface area (Å²) in [5.74, 6) is 1.06. The highest BCUT2D eigenvalue weighted by atomic mass is 16.5. The number of nitrogens with one attached hydrogen (secondary N) is 1. The van der Waals surface area contributed by atoms with Crippen molar-refractivity contribution in [2.24, 2.45) is 0 Å². The maximum Gasteiger partial charge on any atom is 0.224 e. The summed E-state index contributed by atoms with van der Waals surface area (Å²) in [6.07, 6.45) is 3.19. The molecule has 144 valence electrons. The van der Waals surface area contributed by atoms with E-state index >= 15 is 0 Å². The van der Waals surface area contributed by atoms with Crippen LogP contribution in [-0.2, 0) is 14.3 Å². The molecule has 0 aromatic heterocycles. The van der Waals surface area contributed by atoms with Crippen molar-refractivity contribution in [3.63, 3.8) is 0 Å². The lowest BCUT2D eigenvalue weighted by molar-refractivity contribution is -0.133. The smallest absolute Gasteiger partial charge is 0.224 e. The molecule has 0 spiro atoms. The van der Waals surface area contributed by atoms with Gasteiger partial charge in [-0.05, 0) is 37.8 Å². The predicted molar refractivity (Wildman–Crippen MR) is 100 cm³/mol. The molecule has 0 aliphatic carbocycles. The molecule has 0 saturated carbocycles. The number of hydrogen-bond acceptors (Lipinski definition) is 4. The summed E-state index contributed by atoms with van der Waals surface area (Å²) in [6, 6.07) is 8.03. The van der Waals surface area contributed by atoms with Gasteiger partial charge in [0.2, 0.25) is 11.8 Å². The van der Waals surface area contributed by atoms with Crippen LogP contribution in [0.3, 0.4) is 0 Å². The van der Waals surface area contributed by atoms with Gasteiger partial charge in [0.1, 0.15) is 5.75 Å². The van der Waals surface area contributed by atoms with Gasteiger partial charge >= 0.3 is 0 Å². The molecule has 0 unspecified atom stereocenters. The normalized spacial score (nSPS) is 14.9. The molecule has 6 nitrogen and oxygen atoms in total. The average Bonchev–Trinajstić information content (AvgIpc) is 2.65. The first-order chi connectivity index (χ1) is 12.6. The lowest BCUT2D eigenvalue weighted by Crippen LogP contribution is -2.46. The number of carbonyl (C=O) groups excluding carboxylic acids is 2. The standard InChI is InChI=1S/C20H30N2O4/c1-16-6-3-4-7-18(16)26-14-5-8-19(23)21-17-9-12-22(13-10-17)20(24)11-15-25-2/h3-4,6-7,17H,5,8-15H2,1-2H3,(H,21,23). The minimum absolute atomic E-state index is 0.0579. The lowest BCUT2D eigenvalue weighted by atomic mass is 10.0. The van der Waals surface area contributed by atoms with Crippen molar-refractivity contribution in [1.82, 2.24) is 10.2 Å². The fraction of sp³-hybridized carbons (Fsp3) is 0.600. The van der Waals surface area contributed by atoms with Crippen LogP contribution in [0, 0.1) is 6.92 Å². The summed E-state index contributed by atoms with van der Waals surface area (Å²) < 4.78 is 10.7. The zero-order valence-corrected chi connectivity index (χ0v) is 15.8. The van der Waals surface area contributed by atoms with Crippen molar-refractivity contribution in [2.45, 2.75) is 45.1 Å². The fourth-order valence-electron chi connectivity index (χ4n) is 3.05. The molecule has 26 heavy (non-hydrogen) atoms. The number of methoxy groups -OCH3 is 1. The van der Waals surface area contributed by atoms with Gasteiger partial charge in [0.15, 0.2) is 0 Å². The van der Waals surface area contributed by atoms with Gasteiger partial charge in [0.05, 0.1) is 19.6 Å². The molecule has 1 N–H and O–H groups in total. The Bertz CT molecular complexity index is 583. The largest absolute Gasteiger partial charge is 0.493 e. The van der Waals surface area contributed by atoms with E-state index in [-0.39, 0.29) is 17.9 Å². The molecule has 1 aliphatic heterocycles. The van der Waals surface area contributed by atoms with Crippen molar-refractivity contribution in [2.75, 3.05) is 33.4 Å². The second-order valence-corrected chi connectivity index (χ2v) is 6.68. The third-order valence-electron chi connectivity index (χ3n) is 4.63. The number of rotatable bonds is 9. The summed E-state index contributed by atoms with van der Waals surface area (Å²) in [6.45, 7) is 4.40. The molecule has 1 aromatic carbocycles. The fourth-order valence-corrected chi connectivity index (χ4v) is 3.05. The van der Waals surface area contributed by atoms with Crippen LogP contribution in [0.25, 0.3) is 0 Å². The van der Waals surface area contributed by atoms with E-state index in [2.05, 4.69) is 5.32 Å². The van der Waals surface area contributed by atoms with E-state index in [1.807, 2.05) is 36.1 Å². The van der Waals surface area contributed by atoms with Gasteiger partial charge in [0, 0.05) is 32.7 Å². The van der Waals surface area contributed by atoms with Crippen LogP contribution in [0.4, 0.5) is 0 Å². The first-order valence-electron chi connectivity index (χ1n) is 9.34. The quantitative estimate of drug-likeness (QED) is 0.685. The monoisotopic (exact) mass is 362 g/mol. The van der Waals surface area contributed by atoms with Crippen LogP contribution in [0.5, 0.6) is 5.75 Å². The Balaban J connectivity index is 1.59. The number of hydrogen-bond donors (Lipinski definition) is 1. The van der Waals surface area contributed by atoms with Crippen LogP contribution in [0.1, 0.15) is 37.7 Å². The van der Waals surface area contributed by atoms with E-state index in [4.69, 9.17) is 9.47 Å². The first-order valence-corrected chi connectivity index (χ1v) is 9.34. The molecule has 1 heterocycles. The van der Waals surface area contributed by atoms with Gasteiger partial charge in [-0.2, -0.15) is 0 Å². The predicted octanol–water partition coefficient (Wildman–Crippen LogP) is 2.30. The minimum Gasteiger partial charge on any atom is -0.493 e. The summed E-state index contributed by atoms with van der Waals surface area (Å²) in [4.78, 5) is 25.9. The molecule has 2 rings (SSSR count). The average molecular weight is 362 g/mol. The maximum atomic E-state index is 12.1. The highest BCUT2D eigenvalue weighted by Crippen LogP contribution is 2.16. The van der Waals surface area contributed by atoms with E-state index in [0.717, 1.165) is 24.2 Å². The van der Waals surface area contributed by atoms with Crippen molar-refractivity contribution in [1.29, 1.82) is 0 Å². The minimum atomic E-state index is 0.0579. The van der Waals surface area contributed by atoms with E-state index in [0.29, 0.717) is 45.6 Å². The number of likely N-dealkylation sites (tertiary alicyclic amines) is 1. The van der Waals surface area contributed by atoms with Gasteiger partial charge in [-0.3, -0.25) is 9.59 Å². The van der Waals surface area contributed by atoms with Gasteiger partial charge in [-0.25, -0.2) is 0 Å². The number of para-hydroxylation sites is 1. The third kappa shape index (κ3) is 6.67. The Morgan fingerprint density at radius 3 is 2.58 bits per heavy atom. The molecule has 1 fully saturated rings. The molecule has 0 atom stereocenters. The van der Waals surface area contributed by atoms with E-state index in [1.54, 1.807) is 7.11 Å². The van der Waals surface area contributed by atoms with E-state index in [1.165, 1.54) is 0 Å². The van der Waals surface area contributed by atoms with Crippen LogP contribution in [0.2, 0.25) is 0 Å². The molecular formula is C20H30N2O4. The maximum absolute atomic E-state index is 12.1. The highest BCUT2D eigenvalue weighted by molar-refractivity contribution is 5.77. The topological polar surface area (TPSA) is 67.9 Å². The number of amides is 2. The second-order valence-electron chi connectivity index (χ2n) is 6.68. The molecule has 1 aromatic rings. The van der Waals surface area contributed by atoms with Gasteiger partial charge in [-0.15, -0.1) is 0 Å². The zero-order chi connectivity index (χ0) is 18.8. The number of aryl methyl sites for hydroxylation is 1. The number of ether oxygens (including phenoxy) is 2. The number of piperidine rings is 1. The number of benzene rings is 1. The van der Waals surface area contributed by atoms with Crippen molar-refractivity contribution < 1.29 is 19.1 Å². The summed E-state index contributed by atoms with van der Waals surface area (Å²) in [7, 11) is 1.60. The van der Waals surface area contributed by atoms with Gasteiger partial charge in [-0.1, -0.05) is 18.2 Å². The summed E-state index contributed by atoms with van der Waals surface area (Å²) >= 11 is 0. The molecule has 0 bridgehead atoms. The molecule has 2 amide bonds. The van der Waals surface area contributed by atoms with E-state index < -0.39 is 0 Å².